The number of carbonyl (C=O) groups excluding carboxylic acids is 1. The fourth-order valence-electron chi connectivity index (χ4n) is 2.85. The van der Waals surface area contributed by atoms with Gasteiger partial charge in [-0.1, -0.05) is 0 Å². The molecule has 0 radical (unpaired) electrons. The molecular formula is C15H20N2O3S. The minimum absolute atomic E-state index is 0.235. The van der Waals surface area contributed by atoms with Crippen LogP contribution in [0.2, 0.25) is 0 Å². The summed E-state index contributed by atoms with van der Waals surface area (Å²) in [6, 6.07) is 3.36. The summed E-state index contributed by atoms with van der Waals surface area (Å²) < 4.78 is 24.4. The van der Waals surface area contributed by atoms with Crippen molar-refractivity contribution >= 4 is 28.1 Å². The fraction of sp³-hybridized carbons (Fsp3) is 0.467. The van der Waals surface area contributed by atoms with Crippen molar-refractivity contribution in [1.82, 2.24) is 0 Å². The van der Waals surface area contributed by atoms with Gasteiger partial charge < -0.3 is 4.90 Å². The average Bonchev–Trinajstić information content (AvgIpc) is 2.45. The topological polar surface area (TPSA) is 66.8 Å². The third-order valence-corrected chi connectivity index (χ3v) is 5.08. The minimum Gasteiger partial charge on any atom is -0.370 e. The van der Waals surface area contributed by atoms with Crippen molar-refractivity contribution in [2.75, 3.05) is 24.2 Å². The van der Waals surface area contributed by atoms with E-state index in [-0.39, 0.29) is 4.90 Å². The second-order valence-electron chi connectivity index (χ2n) is 5.37. The van der Waals surface area contributed by atoms with Crippen molar-refractivity contribution in [2.45, 2.75) is 31.1 Å². The molecule has 1 aliphatic heterocycles. The molecule has 114 valence electrons. The van der Waals surface area contributed by atoms with Crippen LogP contribution in [-0.4, -0.2) is 40.4 Å². The van der Waals surface area contributed by atoms with Gasteiger partial charge in [0, 0.05) is 24.9 Å². The predicted molar refractivity (Wildman–Crippen MR) is 84.2 cm³/mol. The maximum atomic E-state index is 12.2. The molecule has 0 saturated carbocycles. The van der Waals surface area contributed by atoms with Gasteiger partial charge in [0.1, 0.15) is 0 Å². The standard InChI is InChI=1S/C15H20N2O3S/c1-11-12(15(18)16-2)7-8-13(14(11)21(3,19)20)17-9-5-4-6-10-17/h7-8H,2,4-6,9-10H2,1,3H3. The minimum atomic E-state index is -3.43. The summed E-state index contributed by atoms with van der Waals surface area (Å²) in [6.07, 6.45) is 4.45. The zero-order valence-electron chi connectivity index (χ0n) is 12.4. The molecule has 2 rings (SSSR count). The Kier molecular flexibility index (Phi) is 4.46. The van der Waals surface area contributed by atoms with E-state index in [0.717, 1.165) is 25.9 Å². The van der Waals surface area contributed by atoms with Gasteiger partial charge in [0.15, 0.2) is 9.84 Å². The molecule has 0 aromatic heterocycles. The van der Waals surface area contributed by atoms with Crippen molar-refractivity contribution < 1.29 is 13.2 Å². The first-order valence-electron chi connectivity index (χ1n) is 6.96. The van der Waals surface area contributed by atoms with Crippen molar-refractivity contribution in [3.8, 4) is 0 Å². The van der Waals surface area contributed by atoms with Crippen LogP contribution in [0.1, 0.15) is 35.2 Å². The first-order chi connectivity index (χ1) is 9.86. The molecule has 0 bridgehead atoms. The van der Waals surface area contributed by atoms with Crippen LogP contribution in [0.5, 0.6) is 0 Å². The quantitative estimate of drug-likeness (QED) is 0.803. The molecule has 0 atom stereocenters. The first-order valence-corrected chi connectivity index (χ1v) is 8.85. The summed E-state index contributed by atoms with van der Waals surface area (Å²) in [4.78, 5) is 17.5. The smallest absolute Gasteiger partial charge is 0.276 e. The highest BCUT2D eigenvalue weighted by molar-refractivity contribution is 7.91. The Morgan fingerprint density at radius 3 is 2.38 bits per heavy atom. The average molecular weight is 308 g/mol. The molecule has 1 aromatic rings. The molecule has 5 nitrogen and oxygen atoms in total. The Bertz CT molecular complexity index is 674. The third kappa shape index (κ3) is 3.15. The van der Waals surface area contributed by atoms with Crippen LogP contribution in [-0.2, 0) is 9.84 Å². The lowest BCUT2D eigenvalue weighted by atomic mass is 10.0. The number of carbonyl (C=O) groups is 1. The summed E-state index contributed by atoms with van der Waals surface area (Å²) in [7, 11) is -3.43. The van der Waals surface area contributed by atoms with E-state index in [2.05, 4.69) is 16.6 Å². The summed E-state index contributed by atoms with van der Waals surface area (Å²) in [5.41, 5.74) is 1.44. The van der Waals surface area contributed by atoms with Gasteiger partial charge >= 0.3 is 0 Å². The Hall–Kier alpha value is -1.69. The van der Waals surface area contributed by atoms with Crippen LogP contribution in [0.15, 0.2) is 22.0 Å². The van der Waals surface area contributed by atoms with Gasteiger partial charge in [-0.15, -0.1) is 0 Å². The summed E-state index contributed by atoms with van der Waals surface area (Å²) >= 11 is 0. The van der Waals surface area contributed by atoms with E-state index < -0.39 is 15.7 Å². The number of nitrogens with zero attached hydrogens (tertiary/aromatic N) is 2. The molecule has 0 spiro atoms. The van der Waals surface area contributed by atoms with Gasteiger partial charge in [0.25, 0.3) is 5.91 Å². The Morgan fingerprint density at radius 2 is 1.86 bits per heavy atom. The second-order valence-corrected chi connectivity index (χ2v) is 7.32. The van der Waals surface area contributed by atoms with Crippen molar-refractivity contribution in [3.63, 3.8) is 0 Å². The summed E-state index contributed by atoms with van der Waals surface area (Å²) in [5, 5.41) is 0. The highest BCUT2D eigenvalue weighted by Crippen LogP contribution is 2.32. The Labute approximate surface area is 125 Å². The zero-order chi connectivity index (χ0) is 15.6. The fourth-order valence-corrected chi connectivity index (χ4v) is 4.09. The van der Waals surface area contributed by atoms with E-state index in [9.17, 15) is 13.2 Å². The molecule has 0 unspecified atom stereocenters. The molecule has 1 heterocycles. The summed E-state index contributed by atoms with van der Waals surface area (Å²) in [5.74, 6) is -0.498. The third-order valence-electron chi connectivity index (χ3n) is 3.83. The number of benzene rings is 1. The number of amides is 1. The number of hydrogen-bond acceptors (Lipinski definition) is 4. The van der Waals surface area contributed by atoms with Gasteiger partial charge in [-0.3, -0.25) is 4.79 Å². The van der Waals surface area contributed by atoms with E-state index >= 15 is 0 Å². The molecule has 1 amide bonds. The van der Waals surface area contributed by atoms with Gasteiger partial charge in [-0.25, -0.2) is 13.4 Å². The number of anilines is 1. The van der Waals surface area contributed by atoms with Crippen LogP contribution in [0.3, 0.4) is 0 Å². The number of piperidine rings is 1. The molecule has 1 saturated heterocycles. The highest BCUT2D eigenvalue weighted by atomic mass is 32.2. The van der Waals surface area contributed by atoms with Gasteiger partial charge in [-0.2, -0.15) is 0 Å². The number of aliphatic imine (C=N–C) groups is 1. The van der Waals surface area contributed by atoms with Crippen molar-refractivity contribution in [3.05, 3.63) is 23.3 Å². The second kappa shape index (κ2) is 5.97. The highest BCUT2D eigenvalue weighted by Gasteiger charge is 2.25. The molecule has 1 fully saturated rings. The summed E-state index contributed by atoms with van der Waals surface area (Å²) in [6.45, 7) is 6.56. The predicted octanol–water partition coefficient (Wildman–Crippen LogP) is 2.23. The van der Waals surface area contributed by atoms with E-state index in [1.807, 2.05) is 0 Å². The van der Waals surface area contributed by atoms with Gasteiger partial charge in [0.2, 0.25) is 0 Å². The normalized spacial score (nSPS) is 15.8. The van der Waals surface area contributed by atoms with E-state index in [1.165, 1.54) is 12.7 Å². The van der Waals surface area contributed by atoms with Crippen LogP contribution in [0.4, 0.5) is 5.69 Å². The Balaban J connectivity index is 2.63. The first kappa shape index (κ1) is 15.7. The van der Waals surface area contributed by atoms with Crippen LogP contribution < -0.4 is 4.90 Å². The number of sulfone groups is 1. The van der Waals surface area contributed by atoms with Crippen LogP contribution in [0, 0.1) is 6.92 Å². The van der Waals surface area contributed by atoms with Crippen LogP contribution in [0.25, 0.3) is 0 Å². The lowest BCUT2D eigenvalue weighted by molar-refractivity contribution is 0.100. The van der Waals surface area contributed by atoms with E-state index in [0.29, 0.717) is 16.8 Å². The van der Waals surface area contributed by atoms with E-state index in [1.54, 1.807) is 19.1 Å². The molecule has 1 aromatic carbocycles. The monoisotopic (exact) mass is 308 g/mol. The lowest BCUT2D eigenvalue weighted by Crippen LogP contribution is -2.31. The molecule has 21 heavy (non-hydrogen) atoms. The zero-order valence-corrected chi connectivity index (χ0v) is 13.2. The van der Waals surface area contributed by atoms with Gasteiger partial charge in [0.05, 0.1) is 10.6 Å². The maximum absolute atomic E-state index is 12.2. The molecular weight excluding hydrogens is 288 g/mol. The number of hydrogen-bond donors (Lipinski definition) is 0. The van der Waals surface area contributed by atoms with E-state index in [4.69, 9.17) is 0 Å². The lowest BCUT2D eigenvalue weighted by Gasteiger charge is -2.31. The molecule has 0 aliphatic carbocycles. The maximum Gasteiger partial charge on any atom is 0.276 e. The van der Waals surface area contributed by atoms with Crippen LogP contribution >= 0.6 is 0 Å². The number of rotatable bonds is 3. The molecule has 0 N–H and O–H groups in total. The molecule has 6 heteroatoms. The van der Waals surface area contributed by atoms with Gasteiger partial charge in [-0.05, 0) is 50.6 Å². The largest absolute Gasteiger partial charge is 0.370 e. The molecule has 1 aliphatic rings. The van der Waals surface area contributed by atoms with Crippen molar-refractivity contribution in [2.24, 2.45) is 4.99 Å². The SMILES string of the molecule is C=NC(=O)c1ccc(N2CCCCC2)c(S(C)(=O)=O)c1C. The van der Waals surface area contributed by atoms with Crippen molar-refractivity contribution in [1.29, 1.82) is 0 Å². The Morgan fingerprint density at radius 1 is 1.24 bits per heavy atom.